The first-order chi connectivity index (χ1) is 17.0. The lowest BCUT2D eigenvalue weighted by Gasteiger charge is -2.23. The number of nitrogens with zero attached hydrogens (tertiary/aromatic N) is 4. The van der Waals surface area contributed by atoms with Crippen LogP contribution in [-0.4, -0.2) is 59.1 Å². The smallest absolute Gasteiger partial charge is 0.280 e. The summed E-state index contributed by atoms with van der Waals surface area (Å²) in [5, 5.41) is 11.2. The summed E-state index contributed by atoms with van der Waals surface area (Å²) in [7, 11) is 4.78. The van der Waals surface area contributed by atoms with Gasteiger partial charge >= 0.3 is 0 Å². The summed E-state index contributed by atoms with van der Waals surface area (Å²) >= 11 is 6.57. The minimum absolute atomic E-state index is 0.0196. The molecule has 0 aliphatic rings. The normalized spacial score (nSPS) is 11.8. The molecule has 3 rings (SSSR count). The van der Waals surface area contributed by atoms with Crippen LogP contribution in [0.15, 0.2) is 30.7 Å². The number of methoxy groups -OCH3 is 1. The van der Waals surface area contributed by atoms with E-state index < -0.39 is 18.2 Å². The second-order valence-corrected chi connectivity index (χ2v) is 8.58. The molecular formula is C24H26ClF2N7O2. The van der Waals surface area contributed by atoms with Crippen molar-refractivity contribution < 1.29 is 18.3 Å². The average Bonchev–Trinajstić information content (AvgIpc) is 2.84. The van der Waals surface area contributed by atoms with Crippen LogP contribution in [-0.2, 0) is 0 Å². The number of ether oxygens (including phenoxy) is 1. The molecule has 190 valence electrons. The molecule has 0 saturated heterocycles. The molecule has 0 spiro atoms. The predicted molar refractivity (Wildman–Crippen MR) is 135 cm³/mol. The first kappa shape index (κ1) is 26.7. The molecule has 0 bridgehead atoms. The Kier molecular flexibility index (Phi) is 8.03. The monoisotopic (exact) mass is 517 g/mol. The van der Waals surface area contributed by atoms with E-state index in [-0.39, 0.29) is 28.8 Å². The molecule has 36 heavy (non-hydrogen) atoms. The van der Waals surface area contributed by atoms with E-state index in [0.29, 0.717) is 27.5 Å². The van der Waals surface area contributed by atoms with Crippen molar-refractivity contribution in [3.63, 3.8) is 0 Å². The van der Waals surface area contributed by atoms with E-state index in [2.05, 4.69) is 20.3 Å². The third-order valence-electron chi connectivity index (χ3n) is 5.57. The van der Waals surface area contributed by atoms with Gasteiger partial charge in [-0.15, -0.1) is 0 Å². The Morgan fingerprint density at radius 1 is 1.25 bits per heavy atom. The minimum atomic E-state index is -3.06. The summed E-state index contributed by atoms with van der Waals surface area (Å²) in [6.45, 7) is 3.59. The van der Waals surface area contributed by atoms with Gasteiger partial charge in [0.2, 0.25) is 0 Å². The molecule has 1 amide bonds. The lowest BCUT2D eigenvalue weighted by molar-refractivity contribution is 0.0822. The lowest BCUT2D eigenvalue weighted by Crippen LogP contribution is -2.22. The molecule has 9 nitrogen and oxygen atoms in total. The topological polar surface area (TPSA) is 130 Å². The Hall–Kier alpha value is -3.86. The summed E-state index contributed by atoms with van der Waals surface area (Å²) in [6.07, 6.45) is -0.369. The molecule has 2 aromatic heterocycles. The number of anilines is 2. The maximum Gasteiger partial charge on any atom is 0.280 e. The highest BCUT2D eigenvalue weighted by Gasteiger charge is 2.25. The summed E-state index contributed by atoms with van der Waals surface area (Å²) in [5.41, 5.74) is 7.46. The van der Waals surface area contributed by atoms with E-state index in [9.17, 15) is 13.6 Å². The molecule has 0 aliphatic heterocycles. The average molecular weight is 518 g/mol. The number of aromatic nitrogens is 3. The van der Waals surface area contributed by atoms with Crippen molar-refractivity contribution in [3.8, 4) is 16.9 Å². The van der Waals surface area contributed by atoms with Gasteiger partial charge in [0.15, 0.2) is 0 Å². The zero-order chi connectivity index (χ0) is 26.7. The Morgan fingerprint density at radius 2 is 1.94 bits per heavy atom. The fraction of sp³-hybridized carbons (Fsp3) is 0.292. The molecule has 0 aliphatic carbocycles. The third-order valence-corrected chi connectivity index (χ3v) is 5.96. The van der Waals surface area contributed by atoms with Crippen LogP contribution in [0.4, 0.5) is 20.4 Å². The highest BCUT2D eigenvalue weighted by molar-refractivity contribution is 6.32. The predicted octanol–water partition coefficient (Wildman–Crippen LogP) is 4.60. The van der Waals surface area contributed by atoms with Gasteiger partial charge in [0.1, 0.15) is 35.1 Å². The molecule has 12 heteroatoms. The molecule has 4 N–H and O–H groups in total. The van der Waals surface area contributed by atoms with E-state index in [4.69, 9.17) is 27.5 Å². The number of benzene rings is 1. The maximum absolute atomic E-state index is 13.3. The number of halogens is 3. The van der Waals surface area contributed by atoms with Crippen LogP contribution in [0, 0.1) is 12.3 Å². The zero-order valence-corrected chi connectivity index (χ0v) is 21.1. The Morgan fingerprint density at radius 3 is 2.50 bits per heavy atom. The maximum atomic E-state index is 13.3. The van der Waals surface area contributed by atoms with Gasteiger partial charge < -0.3 is 20.7 Å². The number of hydrogen-bond acceptors (Lipinski definition) is 8. The second kappa shape index (κ2) is 10.8. The Labute approximate surface area is 212 Å². The van der Waals surface area contributed by atoms with Gasteiger partial charge in [-0.2, -0.15) is 0 Å². The standard InChI is InChI=1S/C24H26ClF2N7O2/c1-11-15(25)8-14(12(2)33-23-18(19(28)21(26)27)22(29)31-10-32-23)20(36-5)17(11)13-6-7-16(30-9-13)24(35)34(3)4/h6-10,12,21,28H,1-5H3,(H3,29,31,32,33). The van der Waals surface area contributed by atoms with Gasteiger partial charge in [0.25, 0.3) is 12.3 Å². The van der Waals surface area contributed by atoms with E-state index in [1.165, 1.54) is 12.0 Å². The van der Waals surface area contributed by atoms with Gasteiger partial charge in [-0.05, 0) is 31.5 Å². The Balaban J connectivity index is 2.08. The number of pyridine rings is 1. The van der Waals surface area contributed by atoms with E-state index in [0.717, 1.165) is 11.9 Å². The van der Waals surface area contributed by atoms with Crippen LogP contribution >= 0.6 is 11.6 Å². The number of hydrogen-bond donors (Lipinski definition) is 3. The number of carbonyl (C=O) groups excluding carboxylic acids is 1. The molecule has 1 aromatic carbocycles. The van der Waals surface area contributed by atoms with Gasteiger partial charge in [-0.1, -0.05) is 17.7 Å². The first-order valence-electron chi connectivity index (χ1n) is 10.8. The molecule has 0 saturated carbocycles. The van der Waals surface area contributed by atoms with E-state index in [1.54, 1.807) is 45.4 Å². The van der Waals surface area contributed by atoms with Crippen LogP contribution in [0.5, 0.6) is 5.75 Å². The van der Waals surface area contributed by atoms with E-state index in [1.807, 2.05) is 6.92 Å². The van der Waals surface area contributed by atoms with Crippen LogP contribution < -0.4 is 15.8 Å². The SMILES string of the molecule is COc1c(C(C)Nc2ncnc(N)c2C(=N)C(F)F)cc(Cl)c(C)c1-c1ccc(C(=O)N(C)C)nc1. The van der Waals surface area contributed by atoms with Crippen LogP contribution in [0.2, 0.25) is 5.02 Å². The van der Waals surface area contributed by atoms with Gasteiger partial charge in [0, 0.05) is 42.0 Å². The zero-order valence-electron chi connectivity index (χ0n) is 20.4. The summed E-state index contributed by atoms with van der Waals surface area (Å²) in [6, 6.07) is 4.51. The van der Waals surface area contributed by atoms with Crippen molar-refractivity contribution in [2.24, 2.45) is 0 Å². The molecule has 0 radical (unpaired) electrons. The molecule has 2 heterocycles. The Bertz CT molecular complexity index is 1300. The molecule has 3 aromatic rings. The van der Waals surface area contributed by atoms with Crippen molar-refractivity contribution in [2.75, 3.05) is 32.3 Å². The first-order valence-corrected chi connectivity index (χ1v) is 11.1. The van der Waals surface area contributed by atoms with Crippen molar-refractivity contribution in [1.82, 2.24) is 19.9 Å². The number of nitrogens with two attached hydrogens (primary N) is 1. The summed E-state index contributed by atoms with van der Waals surface area (Å²) in [5.74, 6) is -0.0196. The quantitative estimate of drug-likeness (QED) is 0.372. The number of carbonyl (C=O) groups is 1. The van der Waals surface area contributed by atoms with Crippen molar-refractivity contribution in [2.45, 2.75) is 26.3 Å². The highest BCUT2D eigenvalue weighted by atomic mass is 35.5. The van der Waals surface area contributed by atoms with Crippen LogP contribution in [0.25, 0.3) is 11.1 Å². The number of nitrogen functional groups attached to an aromatic ring is 1. The van der Waals surface area contributed by atoms with Crippen LogP contribution in [0.1, 0.15) is 40.1 Å². The fourth-order valence-electron chi connectivity index (χ4n) is 3.70. The highest BCUT2D eigenvalue weighted by Crippen LogP contribution is 2.43. The van der Waals surface area contributed by atoms with Gasteiger partial charge in [-0.25, -0.2) is 18.7 Å². The van der Waals surface area contributed by atoms with Gasteiger partial charge in [0.05, 0.1) is 18.7 Å². The van der Waals surface area contributed by atoms with Crippen molar-refractivity contribution in [3.05, 3.63) is 58.1 Å². The number of nitrogens with one attached hydrogen (secondary N) is 2. The summed E-state index contributed by atoms with van der Waals surface area (Å²) < 4.78 is 32.3. The molecule has 1 atom stereocenters. The lowest BCUT2D eigenvalue weighted by atomic mass is 9.94. The largest absolute Gasteiger partial charge is 0.496 e. The van der Waals surface area contributed by atoms with Crippen molar-refractivity contribution >= 4 is 34.9 Å². The second-order valence-electron chi connectivity index (χ2n) is 8.18. The number of alkyl halides is 2. The molecule has 0 fully saturated rings. The molecular weight excluding hydrogens is 492 g/mol. The fourth-order valence-corrected chi connectivity index (χ4v) is 3.91. The van der Waals surface area contributed by atoms with Gasteiger partial charge in [-0.3, -0.25) is 15.2 Å². The van der Waals surface area contributed by atoms with Crippen molar-refractivity contribution in [1.29, 1.82) is 5.41 Å². The number of amides is 1. The number of rotatable bonds is 8. The minimum Gasteiger partial charge on any atom is -0.496 e. The summed E-state index contributed by atoms with van der Waals surface area (Å²) in [4.78, 5) is 25.7. The third kappa shape index (κ3) is 5.20. The molecule has 1 unspecified atom stereocenters. The van der Waals surface area contributed by atoms with E-state index >= 15 is 0 Å². The van der Waals surface area contributed by atoms with Crippen LogP contribution in [0.3, 0.4) is 0 Å².